The van der Waals surface area contributed by atoms with Gasteiger partial charge in [-0.3, -0.25) is 4.79 Å². The third-order valence-corrected chi connectivity index (χ3v) is 3.76. The lowest BCUT2D eigenvalue weighted by molar-refractivity contribution is 0.0510. The van der Waals surface area contributed by atoms with Crippen molar-refractivity contribution in [2.45, 2.75) is 18.9 Å². The number of nitrogens with one attached hydrogen (secondary N) is 1. The van der Waals surface area contributed by atoms with Crippen LogP contribution in [-0.2, 0) is 6.42 Å². The summed E-state index contributed by atoms with van der Waals surface area (Å²) in [5, 5.41) is 13.3. The maximum Gasteiger partial charge on any atom is 0.252 e. The number of rotatable bonds is 5. The lowest BCUT2D eigenvalue weighted by atomic mass is 10.0. The zero-order valence-electron chi connectivity index (χ0n) is 11.4. The average Bonchev–Trinajstić information content (AvgIpc) is 2.91. The number of carbonyl (C=O) groups excluding carboxylic acids is 1. The van der Waals surface area contributed by atoms with Gasteiger partial charge in [-0.05, 0) is 37.3 Å². The molecule has 0 spiro atoms. The minimum atomic E-state index is -1.11. The Morgan fingerprint density at radius 3 is 2.90 bits per heavy atom. The quantitative estimate of drug-likeness (QED) is 0.845. The Kier molecular flexibility index (Phi) is 5.08. The average molecular weight is 373 g/mol. The summed E-state index contributed by atoms with van der Waals surface area (Å²) in [6.45, 7) is 1.73. The molecule has 2 N–H and O–H groups in total. The van der Waals surface area contributed by atoms with E-state index >= 15 is 0 Å². The molecule has 1 heterocycles. The van der Waals surface area contributed by atoms with Gasteiger partial charge in [0.2, 0.25) is 0 Å². The van der Waals surface area contributed by atoms with Crippen molar-refractivity contribution in [2.75, 3.05) is 6.54 Å². The van der Waals surface area contributed by atoms with Crippen molar-refractivity contribution in [3.8, 4) is 0 Å². The van der Waals surface area contributed by atoms with Crippen LogP contribution in [0, 0.1) is 0 Å². The zero-order valence-corrected chi connectivity index (χ0v) is 13.7. The predicted octanol–water partition coefficient (Wildman–Crippen LogP) is 3.42. The number of hydrogen-bond donors (Lipinski definition) is 2. The summed E-state index contributed by atoms with van der Waals surface area (Å²) in [4.78, 5) is 12.1. The van der Waals surface area contributed by atoms with Crippen LogP contribution in [0.4, 0.5) is 0 Å². The van der Waals surface area contributed by atoms with E-state index in [-0.39, 0.29) is 12.5 Å². The highest BCUT2D eigenvalue weighted by Gasteiger charge is 2.24. The van der Waals surface area contributed by atoms with E-state index in [1.165, 1.54) is 0 Å². The maximum absolute atomic E-state index is 12.1. The summed E-state index contributed by atoms with van der Waals surface area (Å²) < 4.78 is 5.96. The van der Waals surface area contributed by atoms with Gasteiger partial charge in [-0.2, -0.15) is 0 Å². The second-order valence-corrected chi connectivity index (χ2v) is 6.38. The first-order valence-corrected chi connectivity index (χ1v) is 7.52. The van der Waals surface area contributed by atoms with Gasteiger partial charge in [0.05, 0.1) is 22.5 Å². The molecule has 0 aliphatic rings. The van der Waals surface area contributed by atoms with E-state index in [9.17, 15) is 9.90 Å². The highest BCUT2D eigenvalue weighted by Crippen LogP contribution is 2.21. The number of aliphatic hydroxyl groups is 1. The predicted molar refractivity (Wildman–Crippen MR) is 84.5 cm³/mol. The molecule has 1 unspecified atom stereocenters. The minimum Gasteiger partial charge on any atom is -0.469 e. The fourth-order valence-corrected chi connectivity index (χ4v) is 2.45. The van der Waals surface area contributed by atoms with Crippen LogP contribution in [0.15, 0.2) is 45.5 Å². The molecule has 2 rings (SSSR count). The molecule has 0 saturated heterocycles. The lowest BCUT2D eigenvalue weighted by Crippen LogP contribution is -2.42. The van der Waals surface area contributed by atoms with Crippen LogP contribution in [0.2, 0.25) is 5.02 Å². The molecular formula is C15H15BrClNO3. The first-order valence-electron chi connectivity index (χ1n) is 6.35. The summed E-state index contributed by atoms with van der Waals surface area (Å²) in [5.74, 6) is 0.329. The van der Waals surface area contributed by atoms with Crippen LogP contribution in [0.5, 0.6) is 0 Å². The van der Waals surface area contributed by atoms with Gasteiger partial charge in [0.1, 0.15) is 5.76 Å². The second kappa shape index (κ2) is 6.64. The van der Waals surface area contributed by atoms with Crippen LogP contribution in [0.1, 0.15) is 23.0 Å². The van der Waals surface area contributed by atoms with E-state index in [4.69, 9.17) is 16.0 Å². The summed E-state index contributed by atoms with van der Waals surface area (Å²) in [6.07, 6.45) is 1.86. The summed E-state index contributed by atoms with van der Waals surface area (Å²) in [6, 6.07) is 8.57. The van der Waals surface area contributed by atoms with Crippen molar-refractivity contribution >= 4 is 33.4 Å². The monoisotopic (exact) mass is 371 g/mol. The van der Waals surface area contributed by atoms with Crippen molar-refractivity contribution in [1.29, 1.82) is 0 Å². The number of amides is 1. The highest BCUT2D eigenvalue weighted by molar-refractivity contribution is 9.10. The fraction of sp³-hybridized carbons (Fsp3) is 0.267. The van der Waals surface area contributed by atoms with Crippen LogP contribution < -0.4 is 5.32 Å². The Morgan fingerprint density at radius 2 is 2.24 bits per heavy atom. The molecule has 0 fully saturated rings. The Hall–Kier alpha value is -1.30. The van der Waals surface area contributed by atoms with Crippen molar-refractivity contribution in [2.24, 2.45) is 0 Å². The van der Waals surface area contributed by atoms with Gasteiger partial charge in [-0.25, -0.2) is 0 Å². The molecule has 0 bridgehead atoms. The van der Waals surface area contributed by atoms with E-state index < -0.39 is 5.60 Å². The Labute approximate surface area is 136 Å². The van der Waals surface area contributed by atoms with Gasteiger partial charge in [0, 0.05) is 17.4 Å². The number of furan rings is 1. The molecule has 0 aliphatic carbocycles. The Balaban J connectivity index is 1.98. The third kappa shape index (κ3) is 4.59. The first kappa shape index (κ1) is 16.1. The van der Waals surface area contributed by atoms with Crippen molar-refractivity contribution in [1.82, 2.24) is 5.32 Å². The summed E-state index contributed by atoms with van der Waals surface area (Å²) in [5.41, 5.74) is -0.744. The SMILES string of the molecule is CC(O)(CNC(=O)c1cc(Br)ccc1Cl)Cc1ccco1. The lowest BCUT2D eigenvalue weighted by Gasteiger charge is -2.22. The molecule has 2 aromatic rings. The van der Waals surface area contributed by atoms with Crippen molar-refractivity contribution in [3.05, 3.63) is 57.4 Å². The Bertz CT molecular complexity index is 626. The van der Waals surface area contributed by atoms with E-state index in [1.807, 2.05) is 0 Å². The maximum atomic E-state index is 12.1. The molecular weight excluding hydrogens is 358 g/mol. The van der Waals surface area contributed by atoms with Crippen LogP contribution >= 0.6 is 27.5 Å². The van der Waals surface area contributed by atoms with Crippen LogP contribution in [0.3, 0.4) is 0 Å². The molecule has 0 aliphatic heterocycles. The molecule has 4 nitrogen and oxygen atoms in total. The summed E-state index contributed by atoms with van der Waals surface area (Å²) >= 11 is 9.29. The molecule has 0 radical (unpaired) electrons. The van der Waals surface area contributed by atoms with E-state index in [1.54, 1.807) is 43.5 Å². The van der Waals surface area contributed by atoms with Crippen molar-refractivity contribution in [3.63, 3.8) is 0 Å². The van der Waals surface area contributed by atoms with Crippen molar-refractivity contribution < 1.29 is 14.3 Å². The molecule has 1 atom stereocenters. The minimum absolute atomic E-state index is 0.0926. The number of carbonyl (C=O) groups is 1. The Morgan fingerprint density at radius 1 is 1.48 bits per heavy atom. The van der Waals surface area contributed by atoms with Crippen LogP contribution in [0.25, 0.3) is 0 Å². The fourth-order valence-electron chi connectivity index (χ4n) is 1.89. The van der Waals surface area contributed by atoms with Gasteiger partial charge < -0.3 is 14.8 Å². The molecule has 1 aromatic carbocycles. The molecule has 1 aromatic heterocycles. The number of benzene rings is 1. The van der Waals surface area contributed by atoms with Gasteiger partial charge >= 0.3 is 0 Å². The molecule has 1 amide bonds. The number of hydrogen-bond acceptors (Lipinski definition) is 3. The molecule has 0 saturated carbocycles. The molecule has 112 valence electrons. The first-order chi connectivity index (χ1) is 9.87. The zero-order chi connectivity index (χ0) is 15.5. The largest absolute Gasteiger partial charge is 0.469 e. The topological polar surface area (TPSA) is 62.5 Å². The van der Waals surface area contributed by atoms with E-state index in [2.05, 4.69) is 21.2 Å². The van der Waals surface area contributed by atoms with Crippen LogP contribution in [-0.4, -0.2) is 23.2 Å². The van der Waals surface area contributed by atoms with E-state index in [0.29, 0.717) is 22.8 Å². The second-order valence-electron chi connectivity index (χ2n) is 5.06. The molecule has 6 heteroatoms. The highest BCUT2D eigenvalue weighted by atomic mass is 79.9. The summed E-state index contributed by atoms with van der Waals surface area (Å²) in [7, 11) is 0. The normalized spacial score (nSPS) is 13.7. The van der Waals surface area contributed by atoms with Gasteiger partial charge in [-0.1, -0.05) is 27.5 Å². The van der Waals surface area contributed by atoms with E-state index in [0.717, 1.165) is 4.47 Å². The smallest absolute Gasteiger partial charge is 0.252 e. The standard InChI is InChI=1S/C15H15BrClNO3/c1-15(20,8-11-3-2-6-21-11)9-18-14(19)12-7-10(16)4-5-13(12)17/h2-7,20H,8-9H2,1H3,(H,18,19). The van der Waals surface area contributed by atoms with Gasteiger partial charge in [-0.15, -0.1) is 0 Å². The number of halogens is 2. The molecule has 21 heavy (non-hydrogen) atoms. The third-order valence-electron chi connectivity index (χ3n) is 2.94. The van der Waals surface area contributed by atoms with Gasteiger partial charge in [0.25, 0.3) is 5.91 Å². The van der Waals surface area contributed by atoms with Gasteiger partial charge in [0.15, 0.2) is 0 Å².